The molecule has 0 aliphatic rings. The molecule has 0 heterocycles. The predicted octanol–water partition coefficient (Wildman–Crippen LogP) is 32.5. The second-order valence-corrected chi connectivity index (χ2v) is 30.5. The van der Waals surface area contributed by atoms with Gasteiger partial charge in [-0.1, -0.05) is 388 Å². The van der Waals surface area contributed by atoms with Crippen molar-refractivity contribution in [2.45, 2.75) is 27.7 Å². The van der Waals surface area contributed by atoms with E-state index in [2.05, 4.69) is 440 Å². The first kappa shape index (κ1) is 68.9. The lowest BCUT2D eigenvalue weighted by atomic mass is 9.87. The molecule has 0 aromatic heterocycles. The highest BCUT2D eigenvalue weighted by atomic mass is 14.2. The average Bonchev–Trinajstić information content (AvgIpc) is 0.747. The first-order valence-corrected chi connectivity index (χ1v) is 39.8. The summed E-state index contributed by atoms with van der Waals surface area (Å²) in [4.78, 5) is 0. The van der Waals surface area contributed by atoms with Gasteiger partial charge in [0.05, 0.1) is 0 Å². The van der Waals surface area contributed by atoms with Crippen LogP contribution in [0.25, 0.3) is 206 Å². The Hall–Kier alpha value is -14.3. The smallest absolute Gasteiger partial charge is 0.00264 e. The summed E-state index contributed by atoms with van der Waals surface area (Å²) in [6.45, 7) is 8.94. The Bertz CT molecular complexity index is 7520. The average molecular weight is 1450 g/mol. The number of fused-ring (bicyclic) bond motifs is 17. The van der Waals surface area contributed by atoms with E-state index in [-0.39, 0.29) is 0 Å². The van der Waals surface area contributed by atoms with Crippen molar-refractivity contribution >= 4 is 151 Å². The van der Waals surface area contributed by atoms with Crippen molar-refractivity contribution in [2.75, 3.05) is 0 Å². The molecule has 0 saturated heterocycles. The molecule has 0 spiro atoms. The molecule has 0 unspecified atom stereocenters. The first-order chi connectivity index (χ1) is 56.3. The minimum Gasteiger partial charge on any atom is -0.0622 e. The third-order valence-electron chi connectivity index (χ3n) is 24.2. The van der Waals surface area contributed by atoms with Gasteiger partial charge in [0, 0.05) is 0 Å². The van der Waals surface area contributed by atoms with Gasteiger partial charge >= 0.3 is 0 Å². The van der Waals surface area contributed by atoms with Gasteiger partial charge in [-0.05, 0) is 281 Å². The lowest BCUT2D eigenvalue weighted by Crippen LogP contribution is -1.90. The maximum atomic E-state index is 2.41. The van der Waals surface area contributed by atoms with Gasteiger partial charge in [-0.25, -0.2) is 0 Å². The Kier molecular flexibility index (Phi) is 17.6. The summed E-state index contributed by atoms with van der Waals surface area (Å²) in [6, 6.07) is 150. The van der Waals surface area contributed by atoms with Crippen LogP contribution in [-0.4, -0.2) is 0 Å². The van der Waals surface area contributed by atoms with Crippen molar-refractivity contribution in [3.8, 4) is 55.6 Å². The standard InChI is InChI=1S/C33H22.C31H22.C29H20.C21H16/c1-21-26-9-4-6-12-29(26)33(30-13-7-5-10-27(21)30)25-19-16-23-15-18-24-17-14-22-8-2-3-11-28(22)32(24)31(23)20-25;1-21-27-11-5-7-13-29(27)31(30-14-8-6-12-28(21)30)26-18-17-24-19-23(15-16-25(24)20-26)22-9-3-2-4-10-22;1-19-23-9-4-6-12-26(23)29(27-13-7-5-10-24(19)27)22-17-16-21-15-14-20-8-2-3-11-25(20)28(21)18-22;1-15-17-11-5-7-13-19(17)21(16-9-3-2-4-10-16)20-14-8-6-12-18(15)20/h2-20H,1H3;2-20H,1H3;2-18H,1H3;2-14H,1H3. The van der Waals surface area contributed by atoms with Gasteiger partial charge in [-0.2, -0.15) is 0 Å². The quantitative estimate of drug-likeness (QED) is 0.119. The van der Waals surface area contributed by atoms with Crippen LogP contribution in [0.5, 0.6) is 0 Å². The zero-order valence-electron chi connectivity index (χ0n) is 64.3. The summed E-state index contributed by atoms with van der Waals surface area (Å²) >= 11 is 0. The van der Waals surface area contributed by atoms with Gasteiger partial charge in [0.25, 0.3) is 0 Å². The van der Waals surface area contributed by atoms with Crippen LogP contribution in [0.2, 0.25) is 0 Å². The van der Waals surface area contributed by atoms with Gasteiger partial charge < -0.3 is 0 Å². The molecule has 0 heteroatoms. The van der Waals surface area contributed by atoms with E-state index in [4.69, 9.17) is 0 Å². The van der Waals surface area contributed by atoms with Gasteiger partial charge in [0.1, 0.15) is 0 Å². The third-order valence-corrected chi connectivity index (χ3v) is 24.2. The summed E-state index contributed by atoms with van der Waals surface area (Å²) in [6.07, 6.45) is 0. The lowest BCUT2D eigenvalue weighted by molar-refractivity contribution is 1.57. The Labute approximate surface area is 664 Å². The van der Waals surface area contributed by atoms with E-state index in [9.17, 15) is 0 Å². The van der Waals surface area contributed by atoms with E-state index in [1.165, 1.54) is 229 Å². The van der Waals surface area contributed by atoms with Crippen LogP contribution < -0.4 is 0 Å². The fourth-order valence-corrected chi connectivity index (χ4v) is 18.6. The molecular formula is C114H80. The van der Waals surface area contributed by atoms with Crippen LogP contribution in [0.1, 0.15) is 22.3 Å². The predicted molar refractivity (Wildman–Crippen MR) is 497 cm³/mol. The van der Waals surface area contributed by atoms with E-state index in [1.807, 2.05) is 0 Å². The minimum absolute atomic E-state index is 1.25. The molecular weight excluding hydrogens is 1370 g/mol. The number of hydrogen-bond acceptors (Lipinski definition) is 0. The molecule has 23 aromatic carbocycles. The van der Waals surface area contributed by atoms with Crippen molar-refractivity contribution in [3.63, 3.8) is 0 Å². The molecule has 536 valence electrons. The molecule has 0 fully saturated rings. The van der Waals surface area contributed by atoms with E-state index >= 15 is 0 Å². The van der Waals surface area contributed by atoms with Crippen molar-refractivity contribution < 1.29 is 0 Å². The van der Waals surface area contributed by atoms with Gasteiger partial charge in [0.2, 0.25) is 0 Å². The van der Waals surface area contributed by atoms with Crippen molar-refractivity contribution in [3.05, 3.63) is 435 Å². The van der Waals surface area contributed by atoms with E-state index < -0.39 is 0 Å². The summed E-state index contributed by atoms with van der Waals surface area (Å²) in [5.74, 6) is 0. The topological polar surface area (TPSA) is 0 Å². The molecule has 0 N–H and O–H groups in total. The molecule has 0 nitrogen and oxygen atoms in total. The molecule has 0 aliphatic heterocycles. The second kappa shape index (κ2) is 29.2. The van der Waals surface area contributed by atoms with Crippen molar-refractivity contribution in [1.29, 1.82) is 0 Å². The molecule has 0 aliphatic carbocycles. The van der Waals surface area contributed by atoms with Crippen LogP contribution in [0, 0.1) is 27.7 Å². The molecule has 0 bridgehead atoms. The second-order valence-electron chi connectivity index (χ2n) is 30.5. The molecule has 0 radical (unpaired) electrons. The van der Waals surface area contributed by atoms with E-state index in [1.54, 1.807) is 0 Å². The number of aryl methyl sites for hydroxylation is 4. The number of benzene rings is 23. The number of rotatable bonds is 5. The Balaban J connectivity index is 0.0000000996. The molecule has 0 saturated carbocycles. The summed E-state index contributed by atoms with van der Waals surface area (Å²) in [5, 5.41) is 36.8. The fraction of sp³-hybridized carbons (Fsp3) is 0.0351. The maximum Gasteiger partial charge on any atom is -0.00264 e. The Morgan fingerprint density at radius 2 is 0.333 bits per heavy atom. The van der Waals surface area contributed by atoms with Crippen LogP contribution in [0.3, 0.4) is 0 Å². The largest absolute Gasteiger partial charge is 0.0622 e. The minimum atomic E-state index is 1.25. The van der Waals surface area contributed by atoms with Crippen molar-refractivity contribution in [2.24, 2.45) is 0 Å². The zero-order valence-corrected chi connectivity index (χ0v) is 64.3. The molecule has 23 aromatic rings. The molecule has 23 rings (SSSR count). The van der Waals surface area contributed by atoms with Crippen LogP contribution in [0.4, 0.5) is 0 Å². The summed E-state index contributed by atoms with van der Waals surface area (Å²) < 4.78 is 0. The van der Waals surface area contributed by atoms with Crippen LogP contribution >= 0.6 is 0 Å². The number of hydrogen-bond donors (Lipinski definition) is 0. The highest BCUT2D eigenvalue weighted by Crippen LogP contribution is 2.46. The summed E-state index contributed by atoms with van der Waals surface area (Å²) in [5.41, 5.74) is 18.4. The van der Waals surface area contributed by atoms with E-state index in [0.29, 0.717) is 0 Å². The Morgan fingerprint density at radius 3 is 0.702 bits per heavy atom. The van der Waals surface area contributed by atoms with Gasteiger partial charge in [-0.3, -0.25) is 0 Å². The highest BCUT2D eigenvalue weighted by Gasteiger charge is 2.20. The fourth-order valence-electron chi connectivity index (χ4n) is 18.6. The highest BCUT2D eigenvalue weighted by molar-refractivity contribution is 6.24. The van der Waals surface area contributed by atoms with Crippen LogP contribution in [-0.2, 0) is 0 Å². The van der Waals surface area contributed by atoms with Crippen LogP contribution in [0.15, 0.2) is 413 Å². The lowest BCUT2D eigenvalue weighted by Gasteiger charge is -2.16. The normalized spacial score (nSPS) is 11.5. The zero-order chi connectivity index (χ0) is 76.3. The van der Waals surface area contributed by atoms with Gasteiger partial charge in [-0.15, -0.1) is 0 Å². The van der Waals surface area contributed by atoms with E-state index in [0.717, 1.165) is 0 Å². The third kappa shape index (κ3) is 12.1. The maximum absolute atomic E-state index is 2.41. The van der Waals surface area contributed by atoms with Gasteiger partial charge in [0.15, 0.2) is 0 Å². The molecule has 0 atom stereocenters. The molecule has 114 heavy (non-hydrogen) atoms. The van der Waals surface area contributed by atoms with Crippen molar-refractivity contribution in [1.82, 2.24) is 0 Å². The monoisotopic (exact) mass is 1450 g/mol. The first-order valence-electron chi connectivity index (χ1n) is 39.8. The SMILES string of the molecule is Cc1c2ccccc2c(-c2ccc3cc(-c4ccccc4)ccc3c2)c2ccccc12.Cc1c2ccccc2c(-c2ccc3ccc4ccc5ccccc5c4c3c2)c2ccccc12.Cc1c2ccccc2c(-c2ccc3ccc4ccccc4c3c2)c2ccccc12.Cc1c2ccccc2c(-c2ccccc2)c2ccccc12. The summed E-state index contributed by atoms with van der Waals surface area (Å²) in [7, 11) is 0. The Morgan fingerprint density at radius 1 is 0.114 bits per heavy atom. The molecule has 0 amide bonds.